The fourth-order valence-corrected chi connectivity index (χ4v) is 1.97. The lowest BCUT2D eigenvalue weighted by Gasteiger charge is -2.15. The molecule has 0 aliphatic carbocycles. The number of benzene rings is 2. The van der Waals surface area contributed by atoms with Crippen LogP contribution in [-0.2, 0) is 6.61 Å². The Kier molecular flexibility index (Phi) is 4.75. The van der Waals surface area contributed by atoms with Gasteiger partial charge in [-0.2, -0.15) is 13.2 Å². The van der Waals surface area contributed by atoms with Crippen molar-refractivity contribution in [3.05, 3.63) is 64.7 Å². The van der Waals surface area contributed by atoms with Crippen molar-refractivity contribution in [2.45, 2.75) is 18.9 Å². The highest BCUT2D eigenvalue weighted by Crippen LogP contribution is 2.33. The smallest absolute Gasteiger partial charge is 0.418 e. The van der Waals surface area contributed by atoms with Gasteiger partial charge in [0.1, 0.15) is 12.4 Å². The molecule has 0 aliphatic heterocycles. The summed E-state index contributed by atoms with van der Waals surface area (Å²) < 4.78 is 42.8. The van der Waals surface area contributed by atoms with Gasteiger partial charge < -0.3 is 9.84 Å². The molecule has 0 amide bonds. The van der Waals surface area contributed by atoms with Crippen LogP contribution in [0.3, 0.4) is 0 Å². The van der Waals surface area contributed by atoms with Gasteiger partial charge in [0.05, 0.1) is 0 Å². The zero-order valence-electron chi connectivity index (χ0n) is 10.8. The van der Waals surface area contributed by atoms with Crippen LogP contribution in [0.1, 0.15) is 17.2 Å². The fourth-order valence-electron chi connectivity index (χ4n) is 1.76. The molecule has 0 aliphatic rings. The third-order valence-electron chi connectivity index (χ3n) is 2.78. The second-order valence-corrected chi connectivity index (χ2v) is 4.87. The van der Waals surface area contributed by atoms with Crippen molar-refractivity contribution in [1.29, 1.82) is 0 Å². The Morgan fingerprint density at radius 1 is 1.10 bits per heavy atom. The molecule has 2 aromatic carbocycles. The van der Waals surface area contributed by atoms with Crippen molar-refractivity contribution >= 4 is 11.6 Å². The number of aliphatic hydroxyl groups is 1. The predicted molar refractivity (Wildman–Crippen MR) is 73.2 cm³/mol. The van der Waals surface area contributed by atoms with Gasteiger partial charge in [0.25, 0.3) is 0 Å². The molecule has 2 rings (SSSR count). The van der Waals surface area contributed by atoms with Crippen LogP contribution >= 0.6 is 11.6 Å². The summed E-state index contributed by atoms with van der Waals surface area (Å²) in [6, 6.07) is 12.3. The quantitative estimate of drug-likeness (QED) is 0.899. The maximum atomic E-state index is 12.5. The molecule has 0 bridgehead atoms. The van der Waals surface area contributed by atoms with Crippen LogP contribution in [-0.4, -0.2) is 11.3 Å². The van der Waals surface area contributed by atoms with E-state index in [-0.39, 0.29) is 17.9 Å². The van der Waals surface area contributed by atoms with E-state index < -0.39 is 12.3 Å². The monoisotopic (exact) mass is 316 g/mol. The number of aliphatic hydroxyl groups excluding tert-OH is 1. The van der Waals surface area contributed by atoms with Crippen molar-refractivity contribution < 1.29 is 23.0 Å². The van der Waals surface area contributed by atoms with Crippen LogP contribution in [0.25, 0.3) is 0 Å². The van der Waals surface area contributed by atoms with Gasteiger partial charge in [0.15, 0.2) is 6.10 Å². The van der Waals surface area contributed by atoms with Crippen LogP contribution in [0.2, 0.25) is 5.02 Å². The first-order valence-corrected chi connectivity index (χ1v) is 6.46. The number of hydrogen-bond acceptors (Lipinski definition) is 2. The Bertz CT molecular complexity index is 614. The highest BCUT2D eigenvalue weighted by molar-refractivity contribution is 6.30. The molecule has 0 spiro atoms. The highest BCUT2D eigenvalue weighted by atomic mass is 35.5. The molecule has 0 saturated carbocycles. The molecular formula is C15H12ClF3O2. The molecule has 0 radical (unpaired) electrons. The van der Waals surface area contributed by atoms with E-state index in [1.54, 1.807) is 24.3 Å². The first kappa shape index (κ1) is 15.7. The predicted octanol–water partition coefficient (Wildman–Crippen LogP) is 4.51. The Morgan fingerprint density at radius 2 is 1.81 bits per heavy atom. The second kappa shape index (κ2) is 6.37. The molecule has 1 unspecified atom stereocenters. The third kappa shape index (κ3) is 4.37. The van der Waals surface area contributed by atoms with Crippen LogP contribution in [0, 0.1) is 0 Å². The van der Waals surface area contributed by atoms with Gasteiger partial charge in [-0.1, -0.05) is 35.9 Å². The lowest BCUT2D eigenvalue weighted by atomic mass is 10.1. The van der Waals surface area contributed by atoms with E-state index in [1.807, 2.05) is 0 Å². The van der Waals surface area contributed by atoms with E-state index in [4.69, 9.17) is 16.3 Å². The third-order valence-corrected chi connectivity index (χ3v) is 3.01. The summed E-state index contributed by atoms with van der Waals surface area (Å²) in [5.74, 6) is 0.246. The van der Waals surface area contributed by atoms with Crippen LogP contribution in [0.5, 0.6) is 5.75 Å². The summed E-state index contributed by atoms with van der Waals surface area (Å²) in [5, 5.41) is 9.76. The van der Waals surface area contributed by atoms with Gasteiger partial charge in [-0.3, -0.25) is 0 Å². The van der Waals surface area contributed by atoms with Gasteiger partial charge in [0.2, 0.25) is 0 Å². The van der Waals surface area contributed by atoms with Gasteiger partial charge in [-0.15, -0.1) is 0 Å². The van der Waals surface area contributed by atoms with E-state index in [2.05, 4.69) is 0 Å². The maximum Gasteiger partial charge on any atom is 0.418 e. The van der Waals surface area contributed by atoms with Crippen molar-refractivity contribution in [3.8, 4) is 5.75 Å². The largest absolute Gasteiger partial charge is 0.489 e. The Balaban J connectivity index is 2.08. The molecule has 112 valence electrons. The molecule has 0 saturated heterocycles. The molecule has 0 aromatic heterocycles. The standard InChI is InChI=1S/C15H12ClF3O2/c16-12-5-1-3-10(7-12)9-21-13-6-2-4-11(8-13)14(20)15(17,18)19/h1-8,14,20H,9H2. The van der Waals surface area contributed by atoms with Crippen LogP contribution in [0.15, 0.2) is 48.5 Å². The van der Waals surface area contributed by atoms with Gasteiger partial charge >= 0.3 is 6.18 Å². The van der Waals surface area contributed by atoms with E-state index in [9.17, 15) is 18.3 Å². The summed E-state index contributed by atoms with van der Waals surface area (Å²) in [5.41, 5.74) is 0.537. The minimum absolute atomic E-state index is 0.173. The molecule has 6 heteroatoms. The SMILES string of the molecule is OC(c1cccc(OCc2cccc(Cl)c2)c1)C(F)(F)F. The molecule has 1 atom stereocenters. The zero-order chi connectivity index (χ0) is 15.5. The second-order valence-electron chi connectivity index (χ2n) is 4.44. The lowest BCUT2D eigenvalue weighted by Crippen LogP contribution is -2.20. The zero-order valence-corrected chi connectivity index (χ0v) is 11.5. The summed E-state index contributed by atoms with van der Waals surface area (Å²) >= 11 is 5.83. The summed E-state index contributed by atoms with van der Waals surface area (Å²) in [6.45, 7) is 0.173. The van der Waals surface area contributed by atoms with E-state index in [0.717, 1.165) is 5.56 Å². The number of hydrogen-bond donors (Lipinski definition) is 1. The van der Waals surface area contributed by atoms with E-state index in [0.29, 0.717) is 5.02 Å². The molecule has 0 heterocycles. The van der Waals surface area contributed by atoms with Gasteiger partial charge in [0, 0.05) is 5.02 Å². The Hall–Kier alpha value is -1.72. The normalized spacial score (nSPS) is 13.0. The Labute approximate surface area is 124 Å². The number of alkyl halides is 3. The average molecular weight is 317 g/mol. The van der Waals surface area contributed by atoms with Crippen molar-refractivity contribution in [3.63, 3.8) is 0 Å². The first-order chi connectivity index (χ1) is 9.86. The molecule has 21 heavy (non-hydrogen) atoms. The van der Waals surface area contributed by atoms with Crippen LogP contribution < -0.4 is 4.74 Å². The van der Waals surface area contributed by atoms with Crippen LogP contribution in [0.4, 0.5) is 13.2 Å². The molecule has 2 nitrogen and oxygen atoms in total. The average Bonchev–Trinajstić information content (AvgIpc) is 2.44. The maximum absolute atomic E-state index is 12.5. The number of halogens is 4. The minimum atomic E-state index is -4.70. The first-order valence-electron chi connectivity index (χ1n) is 6.08. The van der Waals surface area contributed by atoms with Gasteiger partial charge in [-0.25, -0.2) is 0 Å². The Morgan fingerprint density at radius 3 is 2.48 bits per heavy atom. The molecule has 2 aromatic rings. The van der Waals surface area contributed by atoms with E-state index in [1.165, 1.54) is 24.3 Å². The van der Waals surface area contributed by atoms with Crippen molar-refractivity contribution in [2.24, 2.45) is 0 Å². The summed E-state index contributed by atoms with van der Waals surface area (Å²) in [4.78, 5) is 0. The fraction of sp³-hybridized carbons (Fsp3) is 0.200. The van der Waals surface area contributed by atoms with Gasteiger partial charge in [-0.05, 0) is 35.4 Å². The summed E-state index contributed by atoms with van der Waals surface area (Å²) in [7, 11) is 0. The van der Waals surface area contributed by atoms with E-state index >= 15 is 0 Å². The molecule has 1 N–H and O–H groups in total. The number of ether oxygens (including phenoxy) is 1. The lowest BCUT2D eigenvalue weighted by molar-refractivity contribution is -0.206. The minimum Gasteiger partial charge on any atom is -0.489 e. The highest BCUT2D eigenvalue weighted by Gasteiger charge is 2.39. The summed E-state index contributed by atoms with van der Waals surface area (Å²) in [6.07, 6.45) is -7.22. The van der Waals surface area contributed by atoms with Crippen molar-refractivity contribution in [2.75, 3.05) is 0 Å². The number of rotatable bonds is 4. The molecule has 0 fully saturated rings. The topological polar surface area (TPSA) is 29.5 Å². The molecular weight excluding hydrogens is 305 g/mol. The van der Waals surface area contributed by atoms with Crippen molar-refractivity contribution in [1.82, 2.24) is 0 Å².